The molecule has 1 saturated heterocycles. The number of rotatable bonds is 5. The topological polar surface area (TPSA) is 116 Å². The monoisotopic (exact) mass is 603 g/mol. The summed E-state index contributed by atoms with van der Waals surface area (Å²) < 4.78 is 79.3. The van der Waals surface area contributed by atoms with Crippen molar-refractivity contribution in [1.29, 1.82) is 0 Å². The normalized spacial score (nSPS) is 14.0. The molecule has 3 amide bonds. The number of H-pyrrole nitrogens is 1. The molecule has 224 valence electrons. The maximum absolute atomic E-state index is 13.2. The minimum atomic E-state index is -5.07. The van der Waals surface area contributed by atoms with Crippen LogP contribution in [0.3, 0.4) is 0 Å². The second-order valence-corrected chi connectivity index (χ2v) is 9.81. The number of hydrogen-bond donors (Lipinski definition) is 3. The zero-order chi connectivity index (χ0) is 30.8. The number of urea groups is 1. The smallest absolute Gasteiger partial charge is 0.339 e. The summed E-state index contributed by atoms with van der Waals surface area (Å²) in [6.07, 6.45) is -7.11. The number of nitrogens with one attached hydrogen (secondary N) is 3. The van der Waals surface area contributed by atoms with Crippen molar-refractivity contribution in [1.82, 2.24) is 25.5 Å². The van der Waals surface area contributed by atoms with Gasteiger partial charge in [-0.25, -0.2) is 9.89 Å². The van der Waals surface area contributed by atoms with E-state index in [9.17, 15) is 35.9 Å². The van der Waals surface area contributed by atoms with Crippen molar-refractivity contribution < 1.29 is 35.9 Å². The van der Waals surface area contributed by atoms with Crippen molar-refractivity contribution in [2.24, 2.45) is 0 Å². The van der Waals surface area contributed by atoms with Crippen LogP contribution in [0.15, 0.2) is 60.7 Å². The van der Waals surface area contributed by atoms with Crippen molar-refractivity contribution in [3.05, 3.63) is 77.4 Å². The molecule has 15 heteroatoms. The molecule has 1 aliphatic heterocycles. The van der Waals surface area contributed by atoms with Crippen LogP contribution in [0.5, 0.6) is 0 Å². The Labute approximate surface area is 240 Å². The highest BCUT2D eigenvalue weighted by Gasteiger charge is 2.37. The molecule has 0 aliphatic carbocycles. The second kappa shape index (κ2) is 11.7. The number of carbonyl (C=O) groups is 2. The Morgan fingerprint density at radius 3 is 1.98 bits per heavy atom. The van der Waals surface area contributed by atoms with E-state index in [2.05, 4.69) is 25.9 Å². The molecular weight excluding hydrogens is 580 g/mol. The van der Waals surface area contributed by atoms with Gasteiger partial charge in [-0.3, -0.25) is 4.79 Å². The molecule has 3 N–H and O–H groups in total. The van der Waals surface area contributed by atoms with Crippen LogP contribution in [0.4, 0.5) is 42.5 Å². The van der Waals surface area contributed by atoms with E-state index in [0.29, 0.717) is 36.3 Å². The van der Waals surface area contributed by atoms with Gasteiger partial charge in [0.1, 0.15) is 0 Å². The average molecular weight is 604 g/mol. The summed E-state index contributed by atoms with van der Waals surface area (Å²) in [4.78, 5) is 27.4. The number of hydrogen-bond acceptors (Lipinski definition) is 5. The predicted molar refractivity (Wildman–Crippen MR) is 144 cm³/mol. The summed E-state index contributed by atoms with van der Waals surface area (Å²) in [5, 5.41) is 17.9. The van der Waals surface area contributed by atoms with Crippen LogP contribution in [0.2, 0.25) is 0 Å². The predicted octanol–water partition coefficient (Wildman–Crippen LogP) is 6.84. The molecule has 1 aromatic heterocycles. The van der Waals surface area contributed by atoms with Crippen molar-refractivity contribution >= 4 is 23.3 Å². The van der Waals surface area contributed by atoms with Crippen molar-refractivity contribution in [2.75, 3.05) is 23.7 Å². The Morgan fingerprint density at radius 1 is 0.767 bits per heavy atom. The van der Waals surface area contributed by atoms with Crippen LogP contribution in [-0.2, 0) is 12.4 Å². The first-order valence-corrected chi connectivity index (χ1v) is 13.0. The van der Waals surface area contributed by atoms with Crippen LogP contribution < -0.4 is 10.6 Å². The Morgan fingerprint density at radius 2 is 1.40 bits per heavy atom. The maximum atomic E-state index is 13.2. The van der Waals surface area contributed by atoms with E-state index in [1.165, 1.54) is 6.07 Å². The Hall–Kier alpha value is -4.95. The van der Waals surface area contributed by atoms with Gasteiger partial charge in [0.05, 0.1) is 16.8 Å². The summed E-state index contributed by atoms with van der Waals surface area (Å²) >= 11 is 0. The van der Waals surface area contributed by atoms with Crippen molar-refractivity contribution in [3.8, 4) is 22.5 Å². The van der Waals surface area contributed by atoms with E-state index in [0.717, 1.165) is 24.8 Å². The van der Waals surface area contributed by atoms with E-state index in [1.807, 2.05) is 10.2 Å². The quantitative estimate of drug-likeness (QED) is 0.216. The standard InChI is InChI=1S/C28H23F6N7O2/c29-27(30,31)19-13-20(28(32,33)34)15-21(14-19)35-26(43)36-23-9-8-18(12-22(23)24-37-39-40-38-24)16-4-6-17(7-5-16)25(42)41-10-2-1-3-11-41/h4-9,12-15H,1-3,10-11H2,(H2,35,36,43)(H,37,38,39,40). The Bertz CT molecular complexity index is 1580. The van der Waals surface area contributed by atoms with Gasteiger partial charge in [-0.15, -0.1) is 5.10 Å². The molecule has 0 saturated carbocycles. The van der Waals surface area contributed by atoms with E-state index in [-0.39, 0.29) is 29.0 Å². The molecule has 9 nitrogen and oxygen atoms in total. The first-order chi connectivity index (χ1) is 20.4. The lowest BCUT2D eigenvalue weighted by Crippen LogP contribution is -2.35. The highest BCUT2D eigenvalue weighted by molar-refractivity contribution is 6.02. The lowest BCUT2D eigenvalue weighted by Gasteiger charge is -2.26. The molecule has 1 fully saturated rings. The number of benzene rings is 3. The van der Waals surface area contributed by atoms with Gasteiger partial charge in [0.25, 0.3) is 5.91 Å². The number of aromatic nitrogens is 4. The van der Waals surface area contributed by atoms with Gasteiger partial charge in [-0.05, 0) is 83.3 Å². The minimum Gasteiger partial charge on any atom is -0.339 e. The first-order valence-electron chi connectivity index (χ1n) is 13.0. The highest BCUT2D eigenvalue weighted by atomic mass is 19.4. The molecule has 43 heavy (non-hydrogen) atoms. The van der Waals surface area contributed by atoms with E-state index in [4.69, 9.17) is 0 Å². The molecule has 2 heterocycles. The third-order valence-corrected chi connectivity index (χ3v) is 6.82. The molecule has 5 rings (SSSR count). The van der Waals surface area contributed by atoms with Gasteiger partial charge in [0.15, 0.2) is 5.82 Å². The number of anilines is 2. The fourth-order valence-electron chi connectivity index (χ4n) is 4.70. The van der Waals surface area contributed by atoms with Gasteiger partial charge in [-0.2, -0.15) is 26.3 Å². The number of tetrazole rings is 1. The fraction of sp³-hybridized carbons (Fsp3) is 0.250. The van der Waals surface area contributed by atoms with E-state index >= 15 is 0 Å². The Balaban J connectivity index is 1.39. The van der Waals surface area contributed by atoms with Crippen molar-refractivity contribution in [3.63, 3.8) is 0 Å². The van der Waals surface area contributed by atoms with Crippen LogP contribution in [0, 0.1) is 0 Å². The zero-order valence-corrected chi connectivity index (χ0v) is 22.2. The van der Waals surface area contributed by atoms with Crippen LogP contribution >= 0.6 is 0 Å². The number of likely N-dealkylation sites (tertiary alicyclic amines) is 1. The Kier molecular flexibility index (Phi) is 8.06. The maximum Gasteiger partial charge on any atom is 0.416 e. The molecule has 0 radical (unpaired) electrons. The van der Waals surface area contributed by atoms with Gasteiger partial charge < -0.3 is 15.5 Å². The molecule has 0 atom stereocenters. The highest BCUT2D eigenvalue weighted by Crippen LogP contribution is 2.38. The van der Waals surface area contributed by atoms with Crippen LogP contribution in [0.25, 0.3) is 22.5 Å². The number of carbonyl (C=O) groups excluding carboxylic acids is 2. The molecule has 1 aliphatic rings. The van der Waals surface area contributed by atoms with Crippen LogP contribution in [0.1, 0.15) is 40.7 Å². The molecule has 0 bridgehead atoms. The van der Waals surface area contributed by atoms with Gasteiger partial charge >= 0.3 is 18.4 Å². The third-order valence-electron chi connectivity index (χ3n) is 6.82. The van der Waals surface area contributed by atoms with Gasteiger partial charge in [0, 0.05) is 29.9 Å². The molecule has 0 spiro atoms. The summed E-state index contributed by atoms with van der Waals surface area (Å²) in [5.41, 5.74) is -1.53. The number of piperidine rings is 1. The number of aromatic amines is 1. The molecule has 4 aromatic rings. The fourth-order valence-corrected chi connectivity index (χ4v) is 4.70. The first kappa shape index (κ1) is 29.5. The minimum absolute atomic E-state index is 0.0348. The number of nitrogens with zero attached hydrogens (tertiary/aromatic N) is 4. The summed E-state index contributed by atoms with van der Waals surface area (Å²) in [7, 11) is 0. The molecule has 3 aromatic carbocycles. The second-order valence-electron chi connectivity index (χ2n) is 9.81. The third kappa shape index (κ3) is 6.93. The van der Waals surface area contributed by atoms with Gasteiger partial charge in [-0.1, -0.05) is 18.2 Å². The average Bonchev–Trinajstić information content (AvgIpc) is 3.51. The number of alkyl halides is 6. The zero-order valence-electron chi connectivity index (χ0n) is 22.2. The summed E-state index contributed by atoms with van der Waals surface area (Å²) in [5.74, 6) is 0.0841. The summed E-state index contributed by atoms with van der Waals surface area (Å²) in [6, 6.07) is 11.4. The number of halogens is 6. The summed E-state index contributed by atoms with van der Waals surface area (Å²) in [6.45, 7) is 1.43. The SMILES string of the molecule is O=C(Nc1cc(C(F)(F)F)cc(C(F)(F)F)c1)Nc1ccc(-c2ccc(C(=O)N3CCCCC3)cc2)cc1-c1nnn[nH]1. The molecule has 0 unspecified atom stereocenters. The number of amides is 3. The lowest BCUT2D eigenvalue weighted by molar-refractivity contribution is -0.143. The van der Waals surface area contributed by atoms with E-state index < -0.39 is 35.2 Å². The van der Waals surface area contributed by atoms with E-state index in [1.54, 1.807) is 36.4 Å². The van der Waals surface area contributed by atoms with Crippen molar-refractivity contribution in [2.45, 2.75) is 31.6 Å². The van der Waals surface area contributed by atoms with Gasteiger partial charge in [0.2, 0.25) is 0 Å². The molecular formula is C28H23F6N7O2. The van der Waals surface area contributed by atoms with Crippen LogP contribution in [-0.4, -0.2) is 50.6 Å². The largest absolute Gasteiger partial charge is 0.416 e. The lowest BCUT2D eigenvalue weighted by atomic mass is 9.99.